The Kier molecular flexibility index (Phi) is 7.19. The Morgan fingerprint density at radius 1 is 1.39 bits per heavy atom. The normalized spacial score (nSPS) is 18.6. The summed E-state index contributed by atoms with van der Waals surface area (Å²) in [6, 6.07) is 0. The molecule has 1 unspecified atom stereocenters. The van der Waals surface area contributed by atoms with Crippen LogP contribution in [0.1, 0.15) is 53.4 Å². The first-order valence-corrected chi connectivity index (χ1v) is 8.53. The minimum atomic E-state index is -0.927. The summed E-state index contributed by atoms with van der Waals surface area (Å²) in [6.07, 6.45) is 4.48. The summed E-state index contributed by atoms with van der Waals surface area (Å²) in [4.78, 5) is 27.2. The van der Waals surface area contributed by atoms with Crippen molar-refractivity contribution in [3.63, 3.8) is 0 Å². The van der Waals surface area contributed by atoms with Crippen molar-refractivity contribution in [2.45, 2.75) is 58.9 Å². The van der Waals surface area contributed by atoms with Gasteiger partial charge in [-0.3, -0.25) is 15.0 Å². The number of nitrogens with zero attached hydrogens (tertiary/aromatic N) is 2. The van der Waals surface area contributed by atoms with Crippen LogP contribution in [0.2, 0.25) is 0 Å². The van der Waals surface area contributed by atoms with Gasteiger partial charge in [-0.05, 0) is 44.4 Å². The lowest BCUT2D eigenvalue weighted by molar-refractivity contribution is -0.133. The smallest absolute Gasteiger partial charge is 0.247 e. The first kappa shape index (κ1) is 19.6. The monoisotopic (exact) mass is 324 g/mol. The molecule has 0 aromatic heterocycles. The number of carbonyl (C=O) groups is 2. The molecule has 1 atom stereocenters. The highest BCUT2D eigenvalue weighted by molar-refractivity contribution is 5.93. The van der Waals surface area contributed by atoms with Gasteiger partial charge >= 0.3 is 0 Å². The molecule has 0 aromatic carbocycles. The number of hydrogen-bond donors (Lipinski definition) is 2. The molecule has 6 heteroatoms. The molecular formula is C17H32N4O2. The Labute approximate surface area is 139 Å². The van der Waals surface area contributed by atoms with E-state index in [1.807, 2.05) is 18.7 Å². The van der Waals surface area contributed by atoms with E-state index in [9.17, 15) is 9.59 Å². The highest BCUT2D eigenvalue weighted by Gasteiger charge is 2.33. The molecule has 0 aromatic rings. The van der Waals surface area contributed by atoms with E-state index in [1.54, 1.807) is 13.8 Å². The Balaban J connectivity index is 2.50. The molecular weight excluding hydrogens is 292 g/mol. The Morgan fingerprint density at radius 3 is 2.39 bits per heavy atom. The van der Waals surface area contributed by atoms with E-state index in [1.165, 1.54) is 4.90 Å². The average molecular weight is 324 g/mol. The third-order valence-corrected chi connectivity index (χ3v) is 4.58. The van der Waals surface area contributed by atoms with Crippen LogP contribution in [0.15, 0.2) is 0 Å². The summed E-state index contributed by atoms with van der Waals surface area (Å²) < 4.78 is 0. The molecule has 1 heterocycles. The molecule has 0 radical (unpaired) electrons. The lowest BCUT2D eigenvalue weighted by Gasteiger charge is -2.34. The average Bonchev–Trinajstić information content (AvgIpc) is 2.46. The Hall–Kier alpha value is -1.43. The summed E-state index contributed by atoms with van der Waals surface area (Å²) in [5.41, 5.74) is 5.23. The molecule has 3 N–H and O–H groups in total. The van der Waals surface area contributed by atoms with Gasteiger partial charge in [-0.15, -0.1) is 0 Å². The lowest BCUT2D eigenvalue weighted by Crippen LogP contribution is -2.54. The maximum atomic E-state index is 12.5. The Morgan fingerprint density at radius 2 is 1.96 bits per heavy atom. The van der Waals surface area contributed by atoms with E-state index in [2.05, 4.69) is 0 Å². The van der Waals surface area contributed by atoms with Crippen molar-refractivity contribution >= 4 is 18.2 Å². The summed E-state index contributed by atoms with van der Waals surface area (Å²) in [6.45, 7) is 9.54. The van der Waals surface area contributed by atoms with Gasteiger partial charge in [-0.25, -0.2) is 0 Å². The number of likely N-dealkylation sites (tertiary alicyclic amines) is 1. The van der Waals surface area contributed by atoms with Crippen molar-refractivity contribution in [3.8, 4) is 0 Å². The zero-order chi connectivity index (χ0) is 17.6. The van der Waals surface area contributed by atoms with Crippen molar-refractivity contribution in [2.24, 2.45) is 17.6 Å². The molecule has 6 nitrogen and oxygen atoms in total. The predicted molar refractivity (Wildman–Crippen MR) is 92.1 cm³/mol. The number of nitrogens with one attached hydrogen (secondary N) is 1. The maximum absolute atomic E-state index is 12.5. The maximum Gasteiger partial charge on any atom is 0.247 e. The van der Waals surface area contributed by atoms with Crippen LogP contribution in [-0.4, -0.2) is 53.1 Å². The molecule has 0 aliphatic carbocycles. The van der Waals surface area contributed by atoms with Crippen LogP contribution in [0, 0.1) is 17.2 Å². The van der Waals surface area contributed by atoms with Crippen LogP contribution in [-0.2, 0) is 9.59 Å². The second kappa shape index (κ2) is 8.43. The summed E-state index contributed by atoms with van der Waals surface area (Å²) in [5, 5.41) is 7.53. The zero-order valence-electron chi connectivity index (χ0n) is 15.0. The van der Waals surface area contributed by atoms with Crippen molar-refractivity contribution in [1.29, 1.82) is 5.41 Å². The summed E-state index contributed by atoms with van der Waals surface area (Å²) in [5.74, 6) is 0.780. The van der Waals surface area contributed by atoms with Crippen molar-refractivity contribution in [2.75, 3.05) is 19.6 Å². The van der Waals surface area contributed by atoms with Gasteiger partial charge in [0.05, 0.1) is 11.9 Å². The fourth-order valence-electron chi connectivity index (χ4n) is 3.35. The number of rotatable bonds is 7. The topological polar surface area (TPSA) is 90.5 Å². The minimum Gasteiger partial charge on any atom is -0.343 e. The van der Waals surface area contributed by atoms with Gasteiger partial charge in [0, 0.05) is 26.6 Å². The molecule has 0 spiro atoms. The molecule has 0 saturated carbocycles. The molecule has 1 fully saturated rings. The highest BCUT2D eigenvalue weighted by atomic mass is 16.2. The molecule has 132 valence electrons. The fourth-order valence-corrected chi connectivity index (χ4v) is 3.35. The van der Waals surface area contributed by atoms with Gasteiger partial charge < -0.3 is 15.5 Å². The zero-order valence-corrected chi connectivity index (χ0v) is 15.0. The largest absolute Gasteiger partial charge is 0.343 e. The Bertz CT molecular complexity index is 426. The first-order chi connectivity index (χ1) is 10.7. The summed E-state index contributed by atoms with van der Waals surface area (Å²) in [7, 11) is 0. The van der Waals surface area contributed by atoms with Crippen LogP contribution < -0.4 is 5.73 Å². The van der Waals surface area contributed by atoms with Crippen molar-refractivity contribution < 1.29 is 9.59 Å². The molecule has 0 bridgehead atoms. The van der Waals surface area contributed by atoms with E-state index in [0.29, 0.717) is 24.8 Å². The third-order valence-electron chi connectivity index (χ3n) is 4.58. The van der Waals surface area contributed by atoms with Gasteiger partial charge in [0.15, 0.2) is 0 Å². The second-order valence-corrected chi connectivity index (χ2v) is 7.38. The standard InChI is InChI=1S/C17H32N4O2/c1-13(2)11-17(4,19)16(23)21(12-18)10-7-15-5-8-20(9-6-15)14(3)22/h12-13,15,18H,5-11,19H2,1-4H3. The molecule has 23 heavy (non-hydrogen) atoms. The van der Waals surface area contributed by atoms with Crippen LogP contribution >= 0.6 is 0 Å². The highest BCUT2D eigenvalue weighted by Crippen LogP contribution is 2.22. The van der Waals surface area contributed by atoms with Gasteiger partial charge in [-0.1, -0.05) is 13.8 Å². The van der Waals surface area contributed by atoms with Crippen molar-refractivity contribution in [3.05, 3.63) is 0 Å². The number of nitrogens with two attached hydrogens (primary N) is 1. The van der Waals surface area contributed by atoms with E-state index < -0.39 is 5.54 Å². The molecule has 1 rings (SSSR count). The van der Waals surface area contributed by atoms with Gasteiger partial charge in [0.2, 0.25) is 11.8 Å². The summed E-state index contributed by atoms with van der Waals surface area (Å²) >= 11 is 0. The molecule has 1 aliphatic rings. The van der Waals surface area contributed by atoms with Gasteiger partial charge in [0.25, 0.3) is 0 Å². The van der Waals surface area contributed by atoms with Crippen molar-refractivity contribution in [1.82, 2.24) is 9.80 Å². The predicted octanol–water partition coefficient (Wildman–Crippen LogP) is 1.83. The van der Waals surface area contributed by atoms with E-state index in [-0.39, 0.29) is 11.8 Å². The van der Waals surface area contributed by atoms with Crippen LogP contribution in [0.5, 0.6) is 0 Å². The third kappa shape index (κ3) is 5.94. The fraction of sp³-hybridized carbons (Fsp3) is 0.824. The number of hydrogen-bond acceptors (Lipinski definition) is 4. The molecule has 1 saturated heterocycles. The van der Waals surface area contributed by atoms with E-state index in [0.717, 1.165) is 38.7 Å². The van der Waals surface area contributed by atoms with E-state index >= 15 is 0 Å². The molecule has 2 amide bonds. The number of piperidine rings is 1. The van der Waals surface area contributed by atoms with Crippen LogP contribution in [0.25, 0.3) is 0 Å². The van der Waals surface area contributed by atoms with E-state index in [4.69, 9.17) is 11.1 Å². The van der Waals surface area contributed by atoms with Gasteiger partial charge in [0.1, 0.15) is 0 Å². The second-order valence-electron chi connectivity index (χ2n) is 7.38. The minimum absolute atomic E-state index is 0.132. The number of amides is 2. The first-order valence-electron chi connectivity index (χ1n) is 8.53. The van der Waals surface area contributed by atoms with Crippen LogP contribution in [0.3, 0.4) is 0 Å². The number of carbonyl (C=O) groups excluding carboxylic acids is 2. The quantitative estimate of drug-likeness (QED) is 0.553. The lowest BCUT2D eigenvalue weighted by atomic mass is 9.89. The molecule has 1 aliphatic heterocycles. The van der Waals surface area contributed by atoms with Crippen LogP contribution in [0.4, 0.5) is 0 Å². The SMILES string of the molecule is CC(=O)N1CCC(CCN(C=N)C(=O)C(C)(N)CC(C)C)CC1. The van der Waals surface area contributed by atoms with Gasteiger partial charge in [-0.2, -0.15) is 0 Å².